The van der Waals surface area contributed by atoms with Crippen LogP contribution in [0.2, 0.25) is 0 Å². The number of anilines is 1. The molecule has 40 heavy (non-hydrogen) atoms. The molecule has 0 saturated carbocycles. The van der Waals surface area contributed by atoms with Crippen molar-refractivity contribution < 1.29 is 37.4 Å². The zero-order valence-electron chi connectivity index (χ0n) is 21.4. The molecule has 0 radical (unpaired) electrons. The van der Waals surface area contributed by atoms with E-state index in [0.717, 1.165) is 16.9 Å². The highest BCUT2D eigenvalue weighted by Gasteiger charge is 2.53. The lowest BCUT2D eigenvalue weighted by molar-refractivity contribution is -0.137. The number of ether oxygens (including phenoxy) is 2. The van der Waals surface area contributed by atoms with Gasteiger partial charge in [0.15, 0.2) is 23.2 Å². The number of esters is 1. The van der Waals surface area contributed by atoms with Crippen LogP contribution in [0.1, 0.15) is 25.6 Å². The van der Waals surface area contributed by atoms with E-state index >= 15 is 0 Å². The highest BCUT2D eigenvalue weighted by molar-refractivity contribution is 8.54. The molecule has 15 heteroatoms. The van der Waals surface area contributed by atoms with Crippen LogP contribution in [0.15, 0.2) is 53.6 Å². The molecule has 3 aromatic heterocycles. The first-order valence-electron chi connectivity index (χ1n) is 12.4. The van der Waals surface area contributed by atoms with Gasteiger partial charge in [-0.3, -0.25) is 18.4 Å². The molecular weight excluding hydrogens is 561 g/mol. The molecule has 2 aliphatic rings. The van der Waals surface area contributed by atoms with E-state index in [1.165, 1.54) is 18.9 Å². The summed E-state index contributed by atoms with van der Waals surface area (Å²) in [6, 6.07) is 8.60. The van der Waals surface area contributed by atoms with E-state index in [4.69, 9.17) is 28.7 Å². The van der Waals surface area contributed by atoms with E-state index in [0.29, 0.717) is 34.1 Å². The fourth-order valence-corrected chi connectivity index (χ4v) is 7.81. The number of nitrogen functional groups attached to an aromatic ring is 1. The van der Waals surface area contributed by atoms with E-state index < -0.39 is 31.3 Å². The van der Waals surface area contributed by atoms with Gasteiger partial charge in [-0.05, 0) is 35.1 Å². The molecule has 5 atom stereocenters. The molecule has 0 spiro atoms. The van der Waals surface area contributed by atoms with Crippen molar-refractivity contribution >= 4 is 41.1 Å². The van der Waals surface area contributed by atoms with Crippen LogP contribution in [0.4, 0.5) is 5.82 Å². The van der Waals surface area contributed by atoms with Gasteiger partial charge in [-0.1, -0.05) is 26.0 Å². The second kappa shape index (κ2) is 10.6. The van der Waals surface area contributed by atoms with Crippen LogP contribution < -0.4 is 10.5 Å². The molecule has 0 bridgehead atoms. The van der Waals surface area contributed by atoms with Gasteiger partial charge >= 0.3 is 12.8 Å². The fourth-order valence-electron chi connectivity index (χ4n) is 4.41. The van der Waals surface area contributed by atoms with Crippen molar-refractivity contribution in [2.24, 2.45) is 5.92 Å². The van der Waals surface area contributed by atoms with Gasteiger partial charge in [0.2, 0.25) is 0 Å². The number of hydrogen-bond acceptors (Lipinski definition) is 13. The summed E-state index contributed by atoms with van der Waals surface area (Å²) in [6.45, 7) is -0.175. The summed E-state index contributed by atoms with van der Waals surface area (Å²) in [6.07, 6.45) is 0.471. The van der Waals surface area contributed by atoms with Crippen LogP contribution in [0.5, 0.6) is 5.75 Å². The second-order valence-corrected chi connectivity index (χ2v) is 13.6. The summed E-state index contributed by atoms with van der Waals surface area (Å²) in [5.41, 5.74) is 8.18. The van der Waals surface area contributed by atoms with Gasteiger partial charge in [-0.25, -0.2) is 19.5 Å². The first-order valence-corrected chi connectivity index (χ1v) is 15.6. The highest BCUT2D eigenvalue weighted by atomic mass is 32.7. The standard InChI is InChI=1S/C25H26N5O8PS/c1-13(2)25(32)36-16-5-3-14(4-6-16)11-40-39(33)35-10-17-20(38-39)19(31)24(37-17)30-22(15-7-8-34-9-15)29-18-21(26)27-12-28-23(18)30/h3-9,12-13,17,19-20,24,31H,10-11H2,1-2H3,(H2,26,27,28)/t17?,19-,20?,24+,39+/m0/s1. The number of carbonyl (C=O) groups is 1. The molecule has 6 rings (SSSR count). The van der Waals surface area contributed by atoms with Gasteiger partial charge in [-0.15, -0.1) is 0 Å². The first kappa shape index (κ1) is 26.9. The number of fused-ring (bicyclic) bond motifs is 2. The van der Waals surface area contributed by atoms with E-state index in [1.807, 2.05) is 0 Å². The number of aromatic nitrogens is 4. The lowest BCUT2D eigenvalue weighted by Gasteiger charge is -2.31. The lowest BCUT2D eigenvalue weighted by atomic mass is 10.1. The number of benzene rings is 1. The largest absolute Gasteiger partial charge is 0.472 e. The minimum Gasteiger partial charge on any atom is -0.472 e. The molecule has 2 saturated heterocycles. The predicted octanol–water partition coefficient (Wildman–Crippen LogP) is 3.95. The Labute approximate surface area is 232 Å². The third kappa shape index (κ3) is 5.02. The average Bonchev–Trinajstić information content (AvgIpc) is 3.67. The van der Waals surface area contributed by atoms with Crippen LogP contribution >= 0.6 is 18.2 Å². The van der Waals surface area contributed by atoms with Gasteiger partial charge < -0.3 is 24.7 Å². The summed E-state index contributed by atoms with van der Waals surface area (Å²) in [7, 11) is 0. The van der Waals surface area contributed by atoms with Crippen molar-refractivity contribution in [2.75, 3.05) is 12.3 Å². The van der Waals surface area contributed by atoms with Crippen LogP contribution in [0, 0.1) is 5.92 Å². The molecule has 1 aromatic carbocycles. The second-order valence-electron chi connectivity index (χ2n) is 9.61. The Balaban J connectivity index is 1.18. The monoisotopic (exact) mass is 587 g/mol. The number of carbonyl (C=O) groups excluding carboxylic acids is 1. The molecule has 5 heterocycles. The van der Waals surface area contributed by atoms with E-state index in [1.54, 1.807) is 48.7 Å². The predicted molar refractivity (Wildman–Crippen MR) is 144 cm³/mol. The number of rotatable bonds is 7. The van der Waals surface area contributed by atoms with Crippen LogP contribution in [-0.4, -0.2) is 55.5 Å². The SMILES string of the molecule is CC(C)C(=O)Oc1ccc(CS[P@]2(=O)OCC3O[C@@H](n4c(-c5ccoc5)nc5c(N)ncnc54)[C@@H](O)C3O2)cc1. The van der Waals surface area contributed by atoms with Crippen LogP contribution in [0.25, 0.3) is 22.6 Å². The zero-order valence-corrected chi connectivity index (χ0v) is 23.2. The lowest BCUT2D eigenvalue weighted by Crippen LogP contribution is -2.38. The van der Waals surface area contributed by atoms with Gasteiger partial charge in [-0.2, -0.15) is 0 Å². The Kier molecular flexibility index (Phi) is 7.15. The maximum atomic E-state index is 13.5. The summed E-state index contributed by atoms with van der Waals surface area (Å²) >= 11 is 1.00. The van der Waals surface area contributed by atoms with E-state index in [9.17, 15) is 14.5 Å². The molecule has 4 aromatic rings. The van der Waals surface area contributed by atoms with Gasteiger partial charge in [0.25, 0.3) is 0 Å². The number of aliphatic hydroxyl groups excluding tert-OH is 1. The fraction of sp³-hybridized carbons (Fsp3) is 0.360. The molecule has 2 fully saturated rings. The quantitative estimate of drug-likeness (QED) is 0.181. The van der Waals surface area contributed by atoms with Crippen LogP contribution in [0.3, 0.4) is 0 Å². The number of imidazole rings is 1. The Hall–Kier alpha value is -3.26. The average molecular weight is 588 g/mol. The minimum atomic E-state index is -3.65. The first-order chi connectivity index (χ1) is 19.2. The molecular formula is C25H26N5O8PS. The molecule has 0 amide bonds. The Morgan fingerprint density at radius 3 is 2.80 bits per heavy atom. The summed E-state index contributed by atoms with van der Waals surface area (Å²) < 4.78 is 43.3. The van der Waals surface area contributed by atoms with Gasteiger partial charge in [0, 0.05) is 5.75 Å². The number of nitrogens with zero attached hydrogens (tertiary/aromatic N) is 4. The molecule has 2 aliphatic heterocycles. The van der Waals surface area contributed by atoms with Crippen molar-refractivity contribution in [3.8, 4) is 17.1 Å². The topological polar surface area (TPSA) is 174 Å². The molecule has 2 unspecified atom stereocenters. The summed E-state index contributed by atoms with van der Waals surface area (Å²) in [4.78, 5) is 24.7. The number of nitrogens with two attached hydrogens (primary N) is 1. The number of furan rings is 1. The van der Waals surface area contributed by atoms with Gasteiger partial charge in [0.1, 0.15) is 42.5 Å². The molecule has 0 aliphatic carbocycles. The Bertz CT molecular complexity index is 1580. The van der Waals surface area contributed by atoms with Crippen molar-refractivity contribution in [1.82, 2.24) is 19.5 Å². The zero-order chi connectivity index (χ0) is 28.0. The van der Waals surface area contributed by atoms with E-state index in [-0.39, 0.29) is 24.3 Å². The normalized spacial score (nSPS) is 26.3. The minimum absolute atomic E-state index is 0.0443. The third-order valence-corrected chi connectivity index (χ3v) is 10.2. The van der Waals surface area contributed by atoms with Crippen molar-refractivity contribution in [3.05, 3.63) is 54.7 Å². The Morgan fingerprint density at radius 2 is 2.08 bits per heavy atom. The van der Waals surface area contributed by atoms with Crippen molar-refractivity contribution in [2.45, 2.75) is 44.1 Å². The number of aliphatic hydroxyl groups is 1. The van der Waals surface area contributed by atoms with Gasteiger partial charge in [0.05, 0.1) is 24.4 Å². The summed E-state index contributed by atoms with van der Waals surface area (Å²) in [5.74, 6) is 0.746. The van der Waals surface area contributed by atoms with Crippen molar-refractivity contribution in [1.29, 1.82) is 0 Å². The van der Waals surface area contributed by atoms with E-state index in [2.05, 4.69) is 15.0 Å². The van der Waals surface area contributed by atoms with Crippen molar-refractivity contribution in [3.63, 3.8) is 0 Å². The smallest absolute Gasteiger partial charge is 0.389 e. The third-order valence-electron chi connectivity index (χ3n) is 6.50. The summed E-state index contributed by atoms with van der Waals surface area (Å²) in [5, 5.41) is 11.3. The molecule has 3 N–H and O–H groups in total. The number of hydrogen-bond donors (Lipinski definition) is 2. The maximum absolute atomic E-state index is 13.5. The highest BCUT2D eigenvalue weighted by Crippen LogP contribution is 2.66. The molecule has 13 nitrogen and oxygen atoms in total. The molecule has 210 valence electrons. The maximum Gasteiger partial charge on any atom is 0.389 e. The Morgan fingerprint density at radius 1 is 1.27 bits per heavy atom. The van der Waals surface area contributed by atoms with Crippen LogP contribution in [-0.2, 0) is 28.9 Å².